The van der Waals surface area contributed by atoms with Crippen molar-refractivity contribution in [3.05, 3.63) is 66.2 Å². The van der Waals surface area contributed by atoms with E-state index < -0.39 is 5.97 Å². The van der Waals surface area contributed by atoms with Gasteiger partial charge in [-0.15, -0.1) is 0 Å². The van der Waals surface area contributed by atoms with Crippen LogP contribution in [0.2, 0.25) is 0 Å². The fourth-order valence-corrected chi connectivity index (χ4v) is 1.95. The van der Waals surface area contributed by atoms with Crippen molar-refractivity contribution in [1.82, 2.24) is 4.98 Å². The molecule has 0 spiro atoms. The summed E-state index contributed by atoms with van der Waals surface area (Å²) in [7, 11) is 0. The Morgan fingerprint density at radius 2 is 1.70 bits per heavy atom. The highest BCUT2D eigenvalue weighted by Crippen LogP contribution is 2.25. The maximum Gasteiger partial charge on any atom is 0.339 e. The first kappa shape index (κ1) is 12.2. The number of pyridine rings is 1. The summed E-state index contributed by atoms with van der Waals surface area (Å²) in [6.07, 6.45) is 0. The van der Waals surface area contributed by atoms with Gasteiger partial charge in [-0.3, -0.25) is 0 Å². The number of carbonyl (C=O) groups is 1. The maximum atomic E-state index is 11.1. The minimum Gasteiger partial charge on any atom is -0.478 e. The molecule has 0 amide bonds. The van der Waals surface area contributed by atoms with Crippen LogP contribution in [0.5, 0.6) is 11.6 Å². The van der Waals surface area contributed by atoms with Crippen molar-refractivity contribution in [2.45, 2.75) is 0 Å². The van der Waals surface area contributed by atoms with Crippen molar-refractivity contribution in [2.24, 2.45) is 0 Å². The summed E-state index contributed by atoms with van der Waals surface area (Å²) in [5.74, 6) is -0.374. The Bertz CT molecular complexity index is 783. The lowest BCUT2D eigenvalue weighted by Gasteiger charge is -2.08. The fraction of sp³-hybridized carbons (Fsp3) is 0. The normalized spacial score (nSPS) is 10.4. The van der Waals surface area contributed by atoms with Crippen LogP contribution < -0.4 is 4.74 Å². The molecule has 0 aliphatic heterocycles. The van der Waals surface area contributed by atoms with Gasteiger partial charge in [-0.25, -0.2) is 9.78 Å². The second-order valence-corrected chi connectivity index (χ2v) is 4.25. The third-order valence-corrected chi connectivity index (χ3v) is 2.90. The lowest BCUT2D eigenvalue weighted by Crippen LogP contribution is -2.00. The first-order valence-corrected chi connectivity index (χ1v) is 6.10. The minimum absolute atomic E-state index is 0.113. The van der Waals surface area contributed by atoms with Gasteiger partial charge in [0.2, 0.25) is 5.88 Å². The minimum atomic E-state index is -1.03. The molecule has 0 aliphatic carbocycles. The topological polar surface area (TPSA) is 59.4 Å². The van der Waals surface area contributed by atoms with Crippen LogP contribution in [0.25, 0.3) is 10.9 Å². The molecule has 1 heterocycles. The molecule has 20 heavy (non-hydrogen) atoms. The molecule has 4 heteroatoms. The fourth-order valence-electron chi connectivity index (χ4n) is 1.95. The van der Waals surface area contributed by atoms with Crippen molar-refractivity contribution in [3.63, 3.8) is 0 Å². The zero-order valence-corrected chi connectivity index (χ0v) is 10.5. The lowest BCUT2D eigenvalue weighted by molar-refractivity contribution is 0.0694. The molecule has 0 atom stereocenters. The molecule has 1 aromatic heterocycles. The van der Waals surface area contributed by atoms with Crippen LogP contribution in [0, 0.1) is 0 Å². The van der Waals surface area contributed by atoms with E-state index in [0.29, 0.717) is 5.88 Å². The van der Waals surface area contributed by atoms with E-state index in [1.54, 1.807) is 24.3 Å². The summed E-state index contributed by atoms with van der Waals surface area (Å²) in [6.45, 7) is 0. The molecular formula is C16H11NO3. The smallest absolute Gasteiger partial charge is 0.339 e. The van der Waals surface area contributed by atoms with Crippen molar-refractivity contribution >= 4 is 16.9 Å². The van der Waals surface area contributed by atoms with Gasteiger partial charge >= 0.3 is 5.97 Å². The van der Waals surface area contributed by atoms with E-state index in [-0.39, 0.29) is 11.3 Å². The summed E-state index contributed by atoms with van der Waals surface area (Å²) in [5.41, 5.74) is 0.917. The van der Waals surface area contributed by atoms with Crippen molar-refractivity contribution < 1.29 is 14.6 Å². The predicted molar refractivity (Wildman–Crippen MR) is 75.2 cm³/mol. The van der Waals surface area contributed by atoms with Crippen LogP contribution in [0.1, 0.15) is 10.4 Å². The van der Waals surface area contributed by atoms with Crippen LogP contribution in [0.3, 0.4) is 0 Å². The van der Waals surface area contributed by atoms with Gasteiger partial charge in [0.1, 0.15) is 11.3 Å². The molecule has 0 unspecified atom stereocenters. The summed E-state index contributed by atoms with van der Waals surface area (Å²) < 4.78 is 5.59. The average molecular weight is 265 g/mol. The zero-order chi connectivity index (χ0) is 13.9. The molecule has 98 valence electrons. The molecule has 4 nitrogen and oxygen atoms in total. The number of carboxylic acid groups (broad SMARTS) is 1. The Morgan fingerprint density at radius 1 is 0.950 bits per heavy atom. The Balaban J connectivity index is 1.99. The molecule has 0 bridgehead atoms. The van der Waals surface area contributed by atoms with Gasteiger partial charge < -0.3 is 9.84 Å². The van der Waals surface area contributed by atoms with Crippen molar-refractivity contribution in [2.75, 3.05) is 0 Å². The first-order valence-electron chi connectivity index (χ1n) is 6.10. The predicted octanol–water partition coefficient (Wildman–Crippen LogP) is 3.73. The Labute approximate surface area is 115 Å². The third kappa shape index (κ3) is 2.31. The summed E-state index contributed by atoms with van der Waals surface area (Å²) in [5, 5.41) is 10.1. The van der Waals surface area contributed by atoms with Gasteiger partial charge in [0, 0.05) is 11.5 Å². The molecule has 0 saturated carbocycles. The molecule has 3 aromatic rings. The largest absolute Gasteiger partial charge is 0.478 e. The molecule has 0 saturated heterocycles. The highest BCUT2D eigenvalue weighted by Gasteiger charge is 2.11. The monoisotopic (exact) mass is 265 g/mol. The van der Waals surface area contributed by atoms with E-state index >= 15 is 0 Å². The molecule has 0 aliphatic rings. The first-order chi connectivity index (χ1) is 9.74. The van der Waals surface area contributed by atoms with E-state index in [0.717, 1.165) is 10.9 Å². The van der Waals surface area contributed by atoms with E-state index in [9.17, 15) is 4.79 Å². The molecule has 2 aromatic carbocycles. The van der Waals surface area contributed by atoms with Gasteiger partial charge in [-0.1, -0.05) is 30.3 Å². The van der Waals surface area contributed by atoms with Crippen LogP contribution >= 0.6 is 0 Å². The summed E-state index contributed by atoms with van der Waals surface area (Å²) >= 11 is 0. The number of ether oxygens (including phenoxy) is 1. The number of rotatable bonds is 3. The van der Waals surface area contributed by atoms with E-state index in [2.05, 4.69) is 4.98 Å². The van der Waals surface area contributed by atoms with Gasteiger partial charge in [0.05, 0.1) is 5.52 Å². The van der Waals surface area contributed by atoms with E-state index in [1.807, 2.05) is 30.3 Å². The van der Waals surface area contributed by atoms with E-state index in [1.165, 1.54) is 6.07 Å². The number of benzene rings is 2. The molecule has 3 rings (SSSR count). The standard InChI is InChI=1S/C16H11NO3/c18-16(19)12-6-2-4-8-14(12)20-15-10-9-11-5-1-3-7-13(11)17-15/h1-10H,(H,18,19). The molecule has 1 N–H and O–H groups in total. The number of fused-ring (bicyclic) bond motifs is 1. The SMILES string of the molecule is O=C(O)c1ccccc1Oc1ccc2ccccc2n1. The second-order valence-electron chi connectivity index (χ2n) is 4.25. The Hall–Kier alpha value is -2.88. The third-order valence-electron chi connectivity index (χ3n) is 2.90. The highest BCUT2D eigenvalue weighted by molar-refractivity contribution is 5.91. The van der Waals surface area contributed by atoms with Crippen LogP contribution in [0.15, 0.2) is 60.7 Å². The number of aromatic carboxylic acids is 1. The van der Waals surface area contributed by atoms with E-state index in [4.69, 9.17) is 9.84 Å². The molecule has 0 fully saturated rings. The van der Waals surface area contributed by atoms with Gasteiger partial charge in [0.25, 0.3) is 0 Å². The number of hydrogen-bond donors (Lipinski definition) is 1. The van der Waals surface area contributed by atoms with Gasteiger partial charge in [-0.2, -0.15) is 0 Å². The summed E-state index contributed by atoms with van der Waals surface area (Å²) in [6, 6.07) is 17.8. The Kier molecular flexibility index (Phi) is 3.05. The van der Waals surface area contributed by atoms with Crippen LogP contribution in [-0.2, 0) is 0 Å². The number of carboxylic acids is 1. The Morgan fingerprint density at radius 3 is 2.55 bits per heavy atom. The van der Waals surface area contributed by atoms with Crippen molar-refractivity contribution in [3.8, 4) is 11.6 Å². The molecule has 0 radical (unpaired) electrons. The average Bonchev–Trinajstić information content (AvgIpc) is 2.47. The quantitative estimate of drug-likeness (QED) is 0.784. The number of para-hydroxylation sites is 2. The van der Waals surface area contributed by atoms with Crippen LogP contribution in [0.4, 0.5) is 0 Å². The van der Waals surface area contributed by atoms with Crippen molar-refractivity contribution in [1.29, 1.82) is 0 Å². The second kappa shape index (κ2) is 5.01. The van der Waals surface area contributed by atoms with Gasteiger partial charge in [-0.05, 0) is 24.3 Å². The number of hydrogen-bond acceptors (Lipinski definition) is 3. The van der Waals surface area contributed by atoms with Crippen LogP contribution in [-0.4, -0.2) is 16.1 Å². The highest BCUT2D eigenvalue weighted by atomic mass is 16.5. The number of aromatic nitrogens is 1. The van der Waals surface area contributed by atoms with Gasteiger partial charge in [0.15, 0.2) is 0 Å². The summed E-state index contributed by atoms with van der Waals surface area (Å²) in [4.78, 5) is 15.5. The lowest BCUT2D eigenvalue weighted by atomic mass is 10.2. The number of nitrogens with zero attached hydrogens (tertiary/aromatic N) is 1. The maximum absolute atomic E-state index is 11.1. The zero-order valence-electron chi connectivity index (χ0n) is 10.5. The molecular weight excluding hydrogens is 254 g/mol.